The summed E-state index contributed by atoms with van der Waals surface area (Å²) >= 11 is 0. The Bertz CT molecular complexity index is 94.9. The van der Waals surface area contributed by atoms with Crippen LogP contribution in [0.15, 0.2) is 0 Å². The molecule has 0 amide bonds. The van der Waals surface area contributed by atoms with Crippen LogP contribution in [-0.2, 0) is 9.47 Å². The summed E-state index contributed by atoms with van der Waals surface area (Å²) in [5, 5.41) is 3.43. The van der Waals surface area contributed by atoms with Gasteiger partial charge in [0, 0.05) is 19.7 Å². The highest BCUT2D eigenvalue weighted by Gasteiger charge is 2.00. The van der Waals surface area contributed by atoms with Crippen LogP contribution in [-0.4, -0.2) is 39.5 Å². The number of hydrogen-bond acceptors (Lipinski definition) is 3. The Kier molecular flexibility index (Phi) is 9.87. The highest BCUT2D eigenvalue weighted by atomic mass is 16.5. The topological polar surface area (TPSA) is 30.5 Å². The Hall–Kier alpha value is -0.120. The largest absolute Gasteiger partial charge is 0.382 e. The predicted molar refractivity (Wildman–Crippen MR) is 55.1 cm³/mol. The molecule has 13 heavy (non-hydrogen) atoms. The van der Waals surface area contributed by atoms with Crippen LogP contribution in [0.2, 0.25) is 0 Å². The van der Waals surface area contributed by atoms with Gasteiger partial charge in [0.15, 0.2) is 0 Å². The van der Waals surface area contributed by atoms with Crippen molar-refractivity contribution in [2.24, 2.45) is 0 Å². The molecule has 0 aliphatic rings. The van der Waals surface area contributed by atoms with Gasteiger partial charge in [-0.05, 0) is 12.8 Å². The van der Waals surface area contributed by atoms with E-state index in [4.69, 9.17) is 9.47 Å². The predicted octanol–water partition coefficient (Wildman–Crippen LogP) is 1.43. The van der Waals surface area contributed by atoms with Crippen LogP contribution in [0.4, 0.5) is 0 Å². The number of methoxy groups -OCH3 is 1. The molecule has 3 heteroatoms. The van der Waals surface area contributed by atoms with E-state index in [1.165, 1.54) is 12.8 Å². The van der Waals surface area contributed by atoms with Gasteiger partial charge in [-0.3, -0.25) is 0 Å². The molecule has 0 aromatic carbocycles. The highest BCUT2D eigenvalue weighted by Crippen LogP contribution is 1.94. The Morgan fingerprint density at radius 3 is 2.31 bits per heavy atom. The summed E-state index contributed by atoms with van der Waals surface area (Å²) < 4.78 is 10.2. The number of ether oxygens (including phenoxy) is 2. The quantitative estimate of drug-likeness (QED) is 0.557. The number of rotatable bonds is 9. The first kappa shape index (κ1) is 12.9. The third-order valence-electron chi connectivity index (χ3n) is 2.10. The summed E-state index contributed by atoms with van der Waals surface area (Å²) in [6, 6.07) is 0.644. The zero-order valence-corrected chi connectivity index (χ0v) is 9.14. The lowest BCUT2D eigenvalue weighted by atomic mass is 10.2. The Morgan fingerprint density at radius 2 is 1.77 bits per heavy atom. The van der Waals surface area contributed by atoms with Crippen molar-refractivity contribution in [1.29, 1.82) is 0 Å². The van der Waals surface area contributed by atoms with Crippen LogP contribution in [0.25, 0.3) is 0 Å². The molecular formula is C10H23NO2. The summed E-state index contributed by atoms with van der Waals surface area (Å²) in [4.78, 5) is 0. The van der Waals surface area contributed by atoms with Gasteiger partial charge in [-0.1, -0.05) is 13.8 Å². The van der Waals surface area contributed by atoms with Crippen molar-refractivity contribution in [3.05, 3.63) is 0 Å². The van der Waals surface area contributed by atoms with Gasteiger partial charge in [0.05, 0.1) is 19.8 Å². The first-order chi connectivity index (χ1) is 6.35. The number of nitrogens with one attached hydrogen (secondary N) is 1. The fourth-order valence-electron chi connectivity index (χ4n) is 1.16. The first-order valence-electron chi connectivity index (χ1n) is 5.15. The molecule has 0 aromatic heterocycles. The average molecular weight is 189 g/mol. The third-order valence-corrected chi connectivity index (χ3v) is 2.10. The molecule has 0 saturated heterocycles. The Morgan fingerprint density at radius 1 is 1.08 bits per heavy atom. The summed E-state index contributed by atoms with van der Waals surface area (Å²) in [7, 11) is 1.69. The van der Waals surface area contributed by atoms with E-state index >= 15 is 0 Å². The van der Waals surface area contributed by atoms with Crippen LogP contribution in [0.3, 0.4) is 0 Å². The molecule has 3 nitrogen and oxygen atoms in total. The molecule has 0 bridgehead atoms. The summed E-state index contributed by atoms with van der Waals surface area (Å²) in [5.41, 5.74) is 0. The maximum Gasteiger partial charge on any atom is 0.0700 e. The summed E-state index contributed by atoms with van der Waals surface area (Å²) in [6.07, 6.45) is 2.38. The van der Waals surface area contributed by atoms with Crippen molar-refractivity contribution >= 4 is 0 Å². The normalized spacial score (nSPS) is 11.1. The Labute approximate surface area is 81.8 Å². The zero-order valence-electron chi connectivity index (χ0n) is 9.14. The highest BCUT2D eigenvalue weighted by molar-refractivity contribution is 4.61. The minimum absolute atomic E-state index is 0.644. The smallest absolute Gasteiger partial charge is 0.0700 e. The second kappa shape index (κ2) is 9.96. The maximum atomic E-state index is 5.33. The first-order valence-corrected chi connectivity index (χ1v) is 5.15. The average Bonchev–Trinajstić information content (AvgIpc) is 2.17. The van der Waals surface area contributed by atoms with Gasteiger partial charge in [0.25, 0.3) is 0 Å². The molecule has 0 radical (unpaired) electrons. The van der Waals surface area contributed by atoms with Crippen molar-refractivity contribution in [1.82, 2.24) is 5.32 Å². The molecule has 0 aromatic rings. The SMILES string of the molecule is CCC(CC)NCCOCCOC. The van der Waals surface area contributed by atoms with E-state index in [1.54, 1.807) is 7.11 Å². The fraction of sp³-hybridized carbons (Fsp3) is 1.00. The van der Waals surface area contributed by atoms with Gasteiger partial charge in [-0.2, -0.15) is 0 Å². The van der Waals surface area contributed by atoms with E-state index < -0.39 is 0 Å². The van der Waals surface area contributed by atoms with E-state index in [0.717, 1.165) is 13.2 Å². The van der Waals surface area contributed by atoms with Crippen LogP contribution < -0.4 is 5.32 Å². The van der Waals surface area contributed by atoms with Crippen molar-refractivity contribution in [3.8, 4) is 0 Å². The van der Waals surface area contributed by atoms with E-state index in [1.807, 2.05) is 0 Å². The van der Waals surface area contributed by atoms with Gasteiger partial charge in [0.2, 0.25) is 0 Å². The van der Waals surface area contributed by atoms with Crippen LogP contribution in [0, 0.1) is 0 Å². The van der Waals surface area contributed by atoms with Crippen molar-refractivity contribution < 1.29 is 9.47 Å². The molecule has 0 spiro atoms. The van der Waals surface area contributed by atoms with Crippen LogP contribution in [0.1, 0.15) is 26.7 Å². The van der Waals surface area contributed by atoms with Gasteiger partial charge < -0.3 is 14.8 Å². The molecule has 1 N–H and O–H groups in total. The second-order valence-corrected chi connectivity index (χ2v) is 3.07. The van der Waals surface area contributed by atoms with Gasteiger partial charge in [-0.25, -0.2) is 0 Å². The standard InChI is InChI=1S/C10H23NO2/c1-4-10(5-2)11-6-7-13-9-8-12-3/h10-11H,4-9H2,1-3H3. The van der Waals surface area contributed by atoms with Gasteiger partial charge >= 0.3 is 0 Å². The van der Waals surface area contributed by atoms with E-state index in [2.05, 4.69) is 19.2 Å². The molecule has 0 saturated carbocycles. The molecule has 0 unspecified atom stereocenters. The minimum atomic E-state index is 0.644. The molecule has 0 rings (SSSR count). The van der Waals surface area contributed by atoms with Gasteiger partial charge in [0.1, 0.15) is 0 Å². The summed E-state index contributed by atoms with van der Waals surface area (Å²) in [5.74, 6) is 0. The van der Waals surface area contributed by atoms with E-state index in [0.29, 0.717) is 19.3 Å². The van der Waals surface area contributed by atoms with Crippen molar-refractivity contribution in [2.45, 2.75) is 32.7 Å². The van der Waals surface area contributed by atoms with Crippen LogP contribution >= 0.6 is 0 Å². The van der Waals surface area contributed by atoms with Crippen molar-refractivity contribution in [3.63, 3.8) is 0 Å². The third kappa shape index (κ3) is 8.22. The molecule has 0 fully saturated rings. The lowest BCUT2D eigenvalue weighted by molar-refractivity contribution is 0.0709. The van der Waals surface area contributed by atoms with Gasteiger partial charge in [-0.15, -0.1) is 0 Å². The fourth-order valence-corrected chi connectivity index (χ4v) is 1.16. The van der Waals surface area contributed by atoms with Crippen LogP contribution in [0.5, 0.6) is 0 Å². The number of hydrogen-bond donors (Lipinski definition) is 1. The lowest BCUT2D eigenvalue weighted by Gasteiger charge is -2.14. The molecule has 0 heterocycles. The second-order valence-electron chi connectivity index (χ2n) is 3.07. The lowest BCUT2D eigenvalue weighted by Crippen LogP contribution is -2.31. The molecule has 0 atom stereocenters. The molecular weight excluding hydrogens is 166 g/mol. The monoisotopic (exact) mass is 189 g/mol. The molecule has 0 aliphatic heterocycles. The molecule has 0 aliphatic carbocycles. The minimum Gasteiger partial charge on any atom is -0.382 e. The Balaban J connectivity index is 3.05. The van der Waals surface area contributed by atoms with E-state index in [-0.39, 0.29) is 0 Å². The zero-order chi connectivity index (χ0) is 9.94. The summed E-state index contributed by atoms with van der Waals surface area (Å²) in [6.45, 7) is 7.50. The van der Waals surface area contributed by atoms with E-state index in [9.17, 15) is 0 Å². The molecule has 80 valence electrons. The maximum absolute atomic E-state index is 5.33. The van der Waals surface area contributed by atoms with Crippen molar-refractivity contribution in [2.75, 3.05) is 33.5 Å².